The second kappa shape index (κ2) is 5.51. The number of aliphatic carboxylic acids is 1. The molecule has 0 aliphatic rings. The molecule has 5 heteroatoms. The van der Waals surface area contributed by atoms with Crippen molar-refractivity contribution in [3.05, 3.63) is 58.4 Å². The molecule has 4 nitrogen and oxygen atoms in total. The minimum Gasteiger partial charge on any atom is -0.481 e. The Balaban J connectivity index is 2.40. The molecular weight excluding hydrogens is 278 g/mol. The number of halogens is 1. The van der Waals surface area contributed by atoms with E-state index in [-0.39, 0.29) is 5.78 Å². The van der Waals surface area contributed by atoms with Crippen LogP contribution >= 0.6 is 11.6 Å². The van der Waals surface area contributed by atoms with E-state index >= 15 is 0 Å². The van der Waals surface area contributed by atoms with Crippen LogP contribution in [-0.4, -0.2) is 21.4 Å². The number of rotatable bonds is 4. The van der Waals surface area contributed by atoms with Crippen LogP contribution in [-0.2, 0) is 11.8 Å². The molecule has 0 aliphatic carbocycles. The van der Waals surface area contributed by atoms with Gasteiger partial charge in [-0.15, -0.1) is 0 Å². The molecule has 20 heavy (non-hydrogen) atoms. The predicted octanol–water partition coefficient (Wildman–Crippen LogP) is 3.10. The van der Waals surface area contributed by atoms with Crippen LogP contribution in [0.4, 0.5) is 0 Å². The van der Waals surface area contributed by atoms with Gasteiger partial charge in [-0.05, 0) is 31.2 Å². The fourth-order valence-corrected chi connectivity index (χ4v) is 2.28. The molecule has 1 aromatic carbocycles. The zero-order valence-electron chi connectivity index (χ0n) is 11.1. The van der Waals surface area contributed by atoms with Gasteiger partial charge in [-0.25, -0.2) is 0 Å². The normalized spacial score (nSPS) is 12.2. The monoisotopic (exact) mass is 291 g/mol. The average molecular weight is 292 g/mol. The zero-order chi connectivity index (χ0) is 14.9. The molecule has 0 spiro atoms. The number of nitrogens with zero attached hydrogens (tertiary/aromatic N) is 1. The molecule has 0 radical (unpaired) electrons. The van der Waals surface area contributed by atoms with Gasteiger partial charge in [0.15, 0.2) is 0 Å². The first kappa shape index (κ1) is 14.3. The second-order valence-corrected chi connectivity index (χ2v) is 5.04. The summed E-state index contributed by atoms with van der Waals surface area (Å²) in [7, 11) is 1.69. The Morgan fingerprint density at radius 3 is 2.55 bits per heavy atom. The SMILES string of the molecule is CC(C(=O)O)c1ccc(C(=O)c2cccc(Cl)c2)n1C. The summed E-state index contributed by atoms with van der Waals surface area (Å²) in [6.45, 7) is 1.59. The van der Waals surface area contributed by atoms with E-state index in [2.05, 4.69) is 0 Å². The maximum absolute atomic E-state index is 12.4. The lowest BCUT2D eigenvalue weighted by Crippen LogP contribution is -2.14. The Kier molecular flexibility index (Phi) is 3.95. The first-order chi connectivity index (χ1) is 9.41. The molecular formula is C15H14ClNO3. The highest BCUT2D eigenvalue weighted by Crippen LogP contribution is 2.21. The van der Waals surface area contributed by atoms with Crippen molar-refractivity contribution in [3.63, 3.8) is 0 Å². The van der Waals surface area contributed by atoms with E-state index < -0.39 is 11.9 Å². The van der Waals surface area contributed by atoms with E-state index in [0.29, 0.717) is 22.0 Å². The Labute approximate surface area is 121 Å². The van der Waals surface area contributed by atoms with Gasteiger partial charge in [-0.1, -0.05) is 23.7 Å². The van der Waals surface area contributed by atoms with Crippen molar-refractivity contribution in [3.8, 4) is 0 Å². The van der Waals surface area contributed by atoms with Crippen molar-refractivity contribution < 1.29 is 14.7 Å². The highest BCUT2D eigenvalue weighted by atomic mass is 35.5. The van der Waals surface area contributed by atoms with Gasteiger partial charge in [0.25, 0.3) is 0 Å². The van der Waals surface area contributed by atoms with E-state index in [0.717, 1.165) is 0 Å². The van der Waals surface area contributed by atoms with Crippen molar-refractivity contribution in [1.82, 2.24) is 4.57 Å². The van der Waals surface area contributed by atoms with Gasteiger partial charge in [0, 0.05) is 23.3 Å². The van der Waals surface area contributed by atoms with Crippen LogP contribution in [0.5, 0.6) is 0 Å². The van der Waals surface area contributed by atoms with Crippen molar-refractivity contribution in [2.45, 2.75) is 12.8 Å². The minimum absolute atomic E-state index is 0.182. The second-order valence-electron chi connectivity index (χ2n) is 4.60. The van der Waals surface area contributed by atoms with Crippen LogP contribution in [0, 0.1) is 0 Å². The van der Waals surface area contributed by atoms with Crippen LogP contribution in [0.15, 0.2) is 36.4 Å². The van der Waals surface area contributed by atoms with Gasteiger partial charge in [0.1, 0.15) is 0 Å². The molecule has 0 saturated carbocycles. The smallest absolute Gasteiger partial charge is 0.312 e. The van der Waals surface area contributed by atoms with Gasteiger partial charge >= 0.3 is 5.97 Å². The molecule has 1 atom stereocenters. The fraction of sp³-hybridized carbons (Fsp3) is 0.200. The molecule has 0 aliphatic heterocycles. The molecule has 0 amide bonds. The largest absolute Gasteiger partial charge is 0.481 e. The maximum Gasteiger partial charge on any atom is 0.312 e. The molecule has 1 N–H and O–H groups in total. The molecule has 1 heterocycles. The average Bonchev–Trinajstić information content (AvgIpc) is 2.78. The van der Waals surface area contributed by atoms with Gasteiger partial charge in [-0.2, -0.15) is 0 Å². The number of aromatic nitrogens is 1. The molecule has 2 aromatic rings. The number of carboxylic acid groups (broad SMARTS) is 1. The van der Waals surface area contributed by atoms with E-state index in [4.69, 9.17) is 16.7 Å². The van der Waals surface area contributed by atoms with Gasteiger partial charge in [0.2, 0.25) is 5.78 Å². The van der Waals surface area contributed by atoms with Gasteiger partial charge in [0.05, 0.1) is 11.6 Å². The van der Waals surface area contributed by atoms with Crippen LogP contribution in [0.3, 0.4) is 0 Å². The van der Waals surface area contributed by atoms with E-state index in [1.165, 1.54) is 0 Å². The number of hydrogen-bond donors (Lipinski definition) is 1. The van der Waals surface area contributed by atoms with Crippen molar-refractivity contribution in [2.24, 2.45) is 7.05 Å². The topological polar surface area (TPSA) is 59.3 Å². The van der Waals surface area contributed by atoms with E-state index in [1.807, 2.05) is 0 Å². The molecule has 0 saturated heterocycles. The molecule has 1 aromatic heterocycles. The number of ketones is 1. The minimum atomic E-state index is -0.923. The summed E-state index contributed by atoms with van der Waals surface area (Å²) in [5, 5.41) is 9.54. The summed E-state index contributed by atoms with van der Waals surface area (Å²) < 4.78 is 1.61. The number of hydrogen-bond acceptors (Lipinski definition) is 2. The standard InChI is InChI=1S/C15H14ClNO3/c1-9(15(19)20)12-6-7-13(17(12)2)14(18)10-4-3-5-11(16)8-10/h3-9H,1-2H3,(H,19,20). The molecule has 0 bridgehead atoms. The lowest BCUT2D eigenvalue weighted by molar-refractivity contribution is -0.138. The molecule has 1 unspecified atom stereocenters. The Hall–Kier alpha value is -2.07. The quantitative estimate of drug-likeness (QED) is 0.881. The van der Waals surface area contributed by atoms with Gasteiger partial charge < -0.3 is 9.67 Å². The number of carbonyl (C=O) groups is 2. The molecule has 104 valence electrons. The Bertz CT molecular complexity index is 676. The number of carboxylic acids is 1. The van der Waals surface area contributed by atoms with Crippen LogP contribution in [0.25, 0.3) is 0 Å². The Morgan fingerprint density at radius 2 is 1.95 bits per heavy atom. The third-order valence-corrected chi connectivity index (χ3v) is 3.53. The van der Waals surface area contributed by atoms with Crippen molar-refractivity contribution in [2.75, 3.05) is 0 Å². The highest BCUT2D eigenvalue weighted by Gasteiger charge is 2.21. The first-order valence-corrected chi connectivity index (χ1v) is 6.48. The van der Waals surface area contributed by atoms with E-state index in [9.17, 15) is 9.59 Å². The highest BCUT2D eigenvalue weighted by molar-refractivity contribution is 6.31. The summed E-state index contributed by atoms with van der Waals surface area (Å²) in [5.41, 5.74) is 1.51. The third kappa shape index (κ3) is 2.60. The van der Waals surface area contributed by atoms with Gasteiger partial charge in [-0.3, -0.25) is 9.59 Å². The fourth-order valence-electron chi connectivity index (χ4n) is 2.09. The number of carbonyl (C=O) groups excluding carboxylic acids is 1. The predicted molar refractivity (Wildman–Crippen MR) is 76.3 cm³/mol. The van der Waals surface area contributed by atoms with Crippen molar-refractivity contribution >= 4 is 23.4 Å². The van der Waals surface area contributed by atoms with Crippen LogP contribution in [0.1, 0.15) is 34.6 Å². The molecule has 0 fully saturated rings. The van der Waals surface area contributed by atoms with Crippen LogP contribution in [0.2, 0.25) is 5.02 Å². The maximum atomic E-state index is 12.4. The molecule has 2 rings (SSSR count). The van der Waals surface area contributed by atoms with E-state index in [1.54, 1.807) is 54.9 Å². The summed E-state index contributed by atoms with van der Waals surface area (Å²) in [4.78, 5) is 23.4. The summed E-state index contributed by atoms with van der Waals surface area (Å²) >= 11 is 5.88. The summed E-state index contributed by atoms with van der Waals surface area (Å²) in [6, 6.07) is 9.98. The number of benzene rings is 1. The lowest BCUT2D eigenvalue weighted by Gasteiger charge is -2.10. The summed E-state index contributed by atoms with van der Waals surface area (Å²) in [5.74, 6) is -1.77. The Morgan fingerprint density at radius 1 is 1.25 bits per heavy atom. The zero-order valence-corrected chi connectivity index (χ0v) is 11.9. The third-order valence-electron chi connectivity index (χ3n) is 3.29. The first-order valence-electron chi connectivity index (χ1n) is 6.10. The van der Waals surface area contributed by atoms with Crippen LogP contribution < -0.4 is 0 Å². The lowest BCUT2D eigenvalue weighted by atomic mass is 10.1. The van der Waals surface area contributed by atoms with Crippen molar-refractivity contribution in [1.29, 1.82) is 0 Å². The summed E-state index contributed by atoms with van der Waals surface area (Å²) in [6.07, 6.45) is 0.